The Bertz CT molecular complexity index is 200. The Morgan fingerprint density at radius 1 is 1.47 bits per heavy atom. The lowest BCUT2D eigenvalue weighted by Gasteiger charge is -2.25. The molecule has 1 fully saturated rings. The first-order chi connectivity index (χ1) is 7.09. The van der Waals surface area contributed by atoms with Gasteiger partial charge in [-0.3, -0.25) is 4.79 Å². The van der Waals surface area contributed by atoms with E-state index in [1.165, 1.54) is 19.3 Å². The van der Waals surface area contributed by atoms with E-state index in [0.29, 0.717) is 5.92 Å². The molecule has 0 saturated heterocycles. The van der Waals surface area contributed by atoms with Crippen molar-refractivity contribution in [3.63, 3.8) is 0 Å². The van der Waals surface area contributed by atoms with E-state index in [1.807, 2.05) is 0 Å². The van der Waals surface area contributed by atoms with Gasteiger partial charge in [-0.25, -0.2) is 0 Å². The number of rotatable bonds is 6. The van der Waals surface area contributed by atoms with Crippen molar-refractivity contribution in [2.45, 2.75) is 52.0 Å². The second-order valence-corrected chi connectivity index (χ2v) is 5.11. The highest BCUT2D eigenvalue weighted by Gasteiger charge is 2.18. The van der Waals surface area contributed by atoms with Gasteiger partial charge < -0.3 is 11.1 Å². The first kappa shape index (κ1) is 12.5. The molecule has 0 bridgehead atoms. The van der Waals surface area contributed by atoms with E-state index in [0.717, 1.165) is 25.3 Å². The molecule has 0 aromatic carbocycles. The number of hydrogen-bond acceptors (Lipinski definition) is 2. The van der Waals surface area contributed by atoms with Crippen molar-refractivity contribution in [3.8, 4) is 0 Å². The molecule has 1 unspecified atom stereocenters. The fraction of sp³-hybridized carbons (Fsp3) is 0.917. The maximum absolute atomic E-state index is 11.5. The van der Waals surface area contributed by atoms with Crippen LogP contribution >= 0.6 is 0 Å². The van der Waals surface area contributed by atoms with E-state index >= 15 is 0 Å². The highest BCUT2D eigenvalue weighted by atomic mass is 16.2. The van der Waals surface area contributed by atoms with Gasteiger partial charge in [-0.05, 0) is 24.7 Å². The molecule has 3 N–H and O–H groups in total. The molecule has 0 radical (unpaired) electrons. The molecule has 88 valence electrons. The van der Waals surface area contributed by atoms with Crippen LogP contribution < -0.4 is 11.1 Å². The predicted octanol–water partition coefficient (Wildman–Crippen LogP) is 1.67. The lowest BCUT2D eigenvalue weighted by atomic mass is 9.83. The number of amides is 1. The normalized spacial score (nSPS) is 18.7. The molecule has 1 atom stereocenters. The molecule has 1 saturated carbocycles. The number of nitrogens with one attached hydrogen (secondary N) is 1. The van der Waals surface area contributed by atoms with Crippen LogP contribution in [0.5, 0.6) is 0 Å². The summed E-state index contributed by atoms with van der Waals surface area (Å²) >= 11 is 0. The van der Waals surface area contributed by atoms with Crippen molar-refractivity contribution in [3.05, 3.63) is 0 Å². The third kappa shape index (κ3) is 4.65. The van der Waals surface area contributed by atoms with Crippen molar-refractivity contribution < 1.29 is 4.79 Å². The Balaban J connectivity index is 2.05. The average molecular weight is 212 g/mol. The summed E-state index contributed by atoms with van der Waals surface area (Å²) in [6.07, 6.45) is 5.95. The van der Waals surface area contributed by atoms with E-state index in [9.17, 15) is 4.79 Å². The van der Waals surface area contributed by atoms with Crippen LogP contribution in [-0.4, -0.2) is 18.5 Å². The van der Waals surface area contributed by atoms with E-state index < -0.39 is 0 Å². The maximum atomic E-state index is 11.5. The minimum atomic E-state index is -0.327. The minimum Gasteiger partial charge on any atom is -0.355 e. The zero-order valence-corrected chi connectivity index (χ0v) is 9.96. The van der Waals surface area contributed by atoms with E-state index in [4.69, 9.17) is 5.73 Å². The Morgan fingerprint density at radius 2 is 2.13 bits per heavy atom. The Hall–Kier alpha value is -0.570. The lowest BCUT2D eigenvalue weighted by Crippen LogP contribution is -2.42. The molecule has 15 heavy (non-hydrogen) atoms. The predicted molar refractivity (Wildman–Crippen MR) is 62.4 cm³/mol. The fourth-order valence-electron chi connectivity index (χ4n) is 1.93. The molecule has 1 aliphatic rings. The van der Waals surface area contributed by atoms with Crippen LogP contribution in [0.15, 0.2) is 0 Å². The first-order valence-electron chi connectivity index (χ1n) is 6.13. The number of nitrogens with two attached hydrogens (primary N) is 1. The van der Waals surface area contributed by atoms with Gasteiger partial charge in [0.05, 0.1) is 6.04 Å². The van der Waals surface area contributed by atoms with Gasteiger partial charge in [0.2, 0.25) is 5.91 Å². The summed E-state index contributed by atoms with van der Waals surface area (Å²) in [5.74, 6) is 1.35. The van der Waals surface area contributed by atoms with Crippen LogP contribution in [0.4, 0.5) is 0 Å². The Morgan fingerprint density at radius 3 is 2.60 bits per heavy atom. The molecule has 0 heterocycles. The summed E-state index contributed by atoms with van der Waals surface area (Å²) < 4.78 is 0. The molecule has 0 aromatic rings. The Labute approximate surface area is 92.8 Å². The van der Waals surface area contributed by atoms with Gasteiger partial charge in [0.1, 0.15) is 0 Å². The zero-order valence-electron chi connectivity index (χ0n) is 9.96. The van der Waals surface area contributed by atoms with Crippen molar-refractivity contribution in [2.75, 3.05) is 6.54 Å². The summed E-state index contributed by atoms with van der Waals surface area (Å²) in [5, 5.41) is 2.92. The van der Waals surface area contributed by atoms with E-state index in [-0.39, 0.29) is 11.9 Å². The second kappa shape index (κ2) is 6.11. The molecule has 3 heteroatoms. The van der Waals surface area contributed by atoms with Crippen LogP contribution in [0, 0.1) is 11.8 Å². The van der Waals surface area contributed by atoms with Crippen molar-refractivity contribution >= 4 is 5.91 Å². The lowest BCUT2D eigenvalue weighted by molar-refractivity contribution is -0.122. The SMILES string of the molecule is CC(C)CC(N)C(=O)NCCC1CCC1. The number of carbonyl (C=O) groups excluding carboxylic acids is 1. The third-order valence-corrected chi connectivity index (χ3v) is 3.14. The fourth-order valence-corrected chi connectivity index (χ4v) is 1.93. The van der Waals surface area contributed by atoms with Crippen LogP contribution in [0.3, 0.4) is 0 Å². The summed E-state index contributed by atoms with van der Waals surface area (Å²) in [6, 6.07) is -0.327. The van der Waals surface area contributed by atoms with Gasteiger partial charge >= 0.3 is 0 Å². The molecule has 1 amide bonds. The molecular weight excluding hydrogens is 188 g/mol. The smallest absolute Gasteiger partial charge is 0.236 e. The molecule has 0 aliphatic heterocycles. The topological polar surface area (TPSA) is 55.1 Å². The summed E-state index contributed by atoms with van der Waals surface area (Å²) in [4.78, 5) is 11.5. The number of carbonyl (C=O) groups is 1. The van der Waals surface area contributed by atoms with Crippen LogP contribution in [0.25, 0.3) is 0 Å². The minimum absolute atomic E-state index is 0.0167. The van der Waals surface area contributed by atoms with Crippen LogP contribution in [0.2, 0.25) is 0 Å². The summed E-state index contributed by atoms with van der Waals surface area (Å²) in [7, 11) is 0. The van der Waals surface area contributed by atoms with Crippen LogP contribution in [-0.2, 0) is 4.79 Å². The van der Waals surface area contributed by atoms with Crippen molar-refractivity contribution in [1.82, 2.24) is 5.32 Å². The van der Waals surface area contributed by atoms with Gasteiger partial charge in [0, 0.05) is 6.54 Å². The molecule has 0 aromatic heterocycles. The Kier molecular flexibility index (Phi) is 5.09. The standard InChI is InChI=1S/C12H24N2O/c1-9(2)8-11(13)12(15)14-7-6-10-4-3-5-10/h9-11H,3-8,13H2,1-2H3,(H,14,15). The van der Waals surface area contributed by atoms with E-state index in [1.54, 1.807) is 0 Å². The van der Waals surface area contributed by atoms with Gasteiger partial charge in [-0.1, -0.05) is 33.1 Å². The van der Waals surface area contributed by atoms with Crippen LogP contribution in [0.1, 0.15) is 46.0 Å². The second-order valence-electron chi connectivity index (χ2n) is 5.11. The molecule has 1 rings (SSSR count). The maximum Gasteiger partial charge on any atom is 0.236 e. The summed E-state index contributed by atoms with van der Waals surface area (Å²) in [6.45, 7) is 4.97. The largest absolute Gasteiger partial charge is 0.355 e. The molecule has 1 aliphatic carbocycles. The monoisotopic (exact) mass is 212 g/mol. The number of hydrogen-bond donors (Lipinski definition) is 2. The van der Waals surface area contributed by atoms with Crippen molar-refractivity contribution in [1.29, 1.82) is 0 Å². The van der Waals surface area contributed by atoms with Gasteiger partial charge in [-0.15, -0.1) is 0 Å². The quantitative estimate of drug-likeness (QED) is 0.703. The molecule has 3 nitrogen and oxygen atoms in total. The van der Waals surface area contributed by atoms with Gasteiger partial charge in [-0.2, -0.15) is 0 Å². The molecular formula is C12H24N2O. The van der Waals surface area contributed by atoms with Gasteiger partial charge in [0.25, 0.3) is 0 Å². The zero-order chi connectivity index (χ0) is 11.3. The average Bonchev–Trinajstić information content (AvgIpc) is 2.07. The van der Waals surface area contributed by atoms with Crippen molar-refractivity contribution in [2.24, 2.45) is 17.6 Å². The third-order valence-electron chi connectivity index (χ3n) is 3.14. The van der Waals surface area contributed by atoms with Gasteiger partial charge in [0.15, 0.2) is 0 Å². The summed E-state index contributed by atoms with van der Waals surface area (Å²) in [5.41, 5.74) is 5.77. The highest BCUT2D eigenvalue weighted by molar-refractivity contribution is 5.81. The highest BCUT2D eigenvalue weighted by Crippen LogP contribution is 2.28. The first-order valence-corrected chi connectivity index (χ1v) is 6.13. The van der Waals surface area contributed by atoms with E-state index in [2.05, 4.69) is 19.2 Å². The molecule has 0 spiro atoms.